The van der Waals surface area contributed by atoms with Gasteiger partial charge in [-0.05, 0) is 64.2 Å². The van der Waals surface area contributed by atoms with Crippen molar-refractivity contribution < 1.29 is 0 Å². The van der Waals surface area contributed by atoms with Crippen LogP contribution in [0.1, 0.15) is 59.4 Å². The Labute approximate surface area is 169 Å². The van der Waals surface area contributed by atoms with E-state index in [1.807, 2.05) is 20.8 Å². The fourth-order valence-electron chi connectivity index (χ4n) is 2.95. The number of benzene rings is 1. The maximum absolute atomic E-state index is 3.59. The molecule has 1 aromatic rings. The van der Waals surface area contributed by atoms with E-state index in [0.29, 0.717) is 0 Å². The van der Waals surface area contributed by atoms with E-state index in [1.54, 1.807) is 6.08 Å². The Kier molecular flexibility index (Phi) is 15.1. The molecule has 0 saturated carbocycles. The number of anilines is 1. The van der Waals surface area contributed by atoms with Gasteiger partial charge in [0.2, 0.25) is 0 Å². The number of hydrogen-bond donors (Lipinski definition) is 1. The molecule has 0 amide bonds. The van der Waals surface area contributed by atoms with Gasteiger partial charge in [-0.1, -0.05) is 56.7 Å². The molecule has 2 heteroatoms. The van der Waals surface area contributed by atoms with Crippen molar-refractivity contribution in [3.8, 4) is 0 Å². The summed E-state index contributed by atoms with van der Waals surface area (Å²) in [6.45, 7) is 19.1. The molecule has 1 aliphatic heterocycles. The summed E-state index contributed by atoms with van der Waals surface area (Å²) in [6, 6.07) is 8.70. The minimum absolute atomic E-state index is 0.783. The minimum atomic E-state index is 0.783. The summed E-state index contributed by atoms with van der Waals surface area (Å²) < 4.78 is 0. The highest BCUT2D eigenvalue weighted by Gasteiger charge is 2.19. The Morgan fingerprint density at radius 1 is 1.15 bits per heavy atom. The fourth-order valence-corrected chi connectivity index (χ4v) is 2.95. The van der Waals surface area contributed by atoms with Gasteiger partial charge in [-0.25, -0.2) is 0 Å². The van der Waals surface area contributed by atoms with Gasteiger partial charge < -0.3 is 10.2 Å². The van der Waals surface area contributed by atoms with Gasteiger partial charge in [0.25, 0.3) is 0 Å². The van der Waals surface area contributed by atoms with Gasteiger partial charge in [0.1, 0.15) is 0 Å². The molecule has 2 nitrogen and oxygen atoms in total. The number of piperidine rings is 1. The van der Waals surface area contributed by atoms with Crippen LogP contribution in [0.4, 0.5) is 5.69 Å². The van der Waals surface area contributed by atoms with Gasteiger partial charge in [0, 0.05) is 31.0 Å². The second kappa shape index (κ2) is 16.2. The third kappa shape index (κ3) is 10.7. The van der Waals surface area contributed by atoms with Crippen molar-refractivity contribution in [1.29, 1.82) is 0 Å². The first kappa shape index (κ1) is 25.0. The Morgan fingerprint density at radius 3 is 2.19 bits per heavy atom. The van der Waals surface area contributed by atoms with Crippen LogP contribution in [0.25, 0.3) is 0 Å². The average Bonchev–Trinajstić information content (AvgIpc) is 2.71. The summed E-state index contributed by atoms with van der Waals surface area (Å²) in [5.41, 5.74) is 3.94. The summed E-state index contributed by atoms with van der Waals surface area (Å²) in [5, 5.41) is 3.59. The molecular formula is C25H42N2. The maximum atomic E-state index is 3.59. The third-order valence-corrected chi connectivity index (χ3v) is 4.45. The Balaban J connectivity index is 0.00000123. The van der Waals surface area contributed by atoms with Crippen molar-refractivity contribution in [1.82, 2.24) is 4.90 Å². The van der Waals surface area contributed by atoms with E-state index >= 15 is 0 Å². The first-order valence-corrected chi connectivity index (χ1v) is 10.6. The summed E-state index contributed by atoms with van der Waals surface area (Å²) in [4.78, 5) is 2.52. The number of nitrogens with one attached hydrogen (secondary N) is 1. The lowest BCUT2D eigenvalue weighted by atomic mass is 9.96. The van der Waals surface area contributed by atoms with Crippen molar-refractivity contribution in [2.24, 2.45) is 5.92 Å². The van der Waals surface area contributed by atoms with Crippen LogP contribution in [0.15, 0.2) is 60.8 Å². The molecule has 2 rings (SSSR count). The number of rotatable bonds is 6. The molecule has 0 atom stereocenters. The fraction of sp³-hybridized carbons (Fsp3) is 0.520. The van der Waals surface area contributed by atoms with Crippen LogP contribution in [-0.4, -0.2) is 24.5 Å². The lowest BCUT2D eigenvalue weighted by Crippen LogP contribution is -2.34. The lowest BCUT2D eigenvalue weighted by molar-refractivity contribution is 0.238. The molecule has 1 saturated heterocycles. The molecule has 0 bridgehead atoms. The van der Waals surface area contributed by atoms with Crippen LogP contribution in [0.3, 0.4) is 0 Å². The standard InChI is InChI=1S/C20H30N2.C3H6.C2H6/c1-4-6-7-20(5-2)22-14-12-18(13-15-22)16-21-19-10-8-17(3)9-11-19;1-3-2;1-2/h5-11,18,21H,4,12-16H2,1-3H3;3H,1H2,2H3;1-2H3/b7-6-,20-5+;;. The van der Waals surface area contributed by atoms with Crippen molar-refractivity contribution in [3.05, 3.63) is 66.4 Å². The van der Waals surface area contributed by atoms with E-state index < -0.39 is 0 Å². The Bertz CT molecular complexity index is 532. The third-order valence-electron chi connectivity index (χ3n) is 4.45. The van der Waals surface area contributed by atoms with E-state index in [9.17, 15) is 0 Å². The summed E-state index contributed by atoms with van der Waals surface area (Å²) in [5.74, 6) is 0.783. The zero-order chi connectivity index (χ0) is 20.5. The number of likely N-dealkylation sites (tertiary alicyclic amines) is 1. The van der Waals surface area contributed by atoms with Crippen LogP contribution < -0.4 is 5.32 Å². The van der Waals surface area contributed by atoms with Gasteiger partial charge in [-0.15, -0.1) is 6.58 Å². The van der Waals surface area contributed by atoms with E-state index in [0.717, 1.165) is 18.9 Å². The molecule has 0 radical (unpaired) electrons. The number of aryl methyl sites for hydroxylation is 1. The molecule has 1 aliphatic rings. The molecule has 1 fully saturated rings. The summed E-state index contributed by atoms with van der Waals surface area (Å²) in [6.07, 6.45) is 12.2. The lowest BCUT2D eigenvalue weighted by Gasteiger charge is -2.34. The molecule has 0 aromatic heterocycles. The number of nitrogens with zero attached hydrogens (tertiary/aromatic N) is 1. The number of hydrogen-bond acceptors (Lipinski definition) is 2. The van der Waals surface area contributed by atoms with Crippen molar-refractivity contribution in [2.45, 2.75) is 60.8 Å². The highest BCUT2D eigenvalue weighted by atomic mass is 15.1. The molecule has 0 aliphatic carbocycles. The first-order chi connectivity index (χ1) is 13.1. The SMILES string of the molecule is C/C=C(\C=C/CC)N1CCC(CNc2ccc(C)cc2)CC1.C=CC.CC. The molecule has 1 aromatic carbocycles. The van der Waals surface area contributed by atoms with Crippen molar-refractivity contribution in [2.75, 3.05) is 25.0 Å². The van der Waals surface area contributed by atoms with Gasteiger partial charge in [0.05, 0.1) is 0 Å². The molecule has 0 spiro atoms. The highest BCUT2D eigenvalue weighted by molar-refractivity contribution is 5.44. The van der Waals surface area contributed by atoms with Gasteiger partial charge in [0.15, 0.2) is 0 Å². The predicted molar refractivity (Wildman–Crippen MR) is 124 cm³/mol. The molecular weight excluding hydrogens is 328 g/mol. The quantitative estimate of drug-likeness (QED) is 0.420. The van der Waals surface area contributed by atoms with Crippen LogP contribution in [0.2, 0.25) is 0 Å². The smallest absolute Gasteiger partial charge is 0.0340 e. The van der Waals surface area contributed by atoms with Gasteiger partial charge in [-0.2, -0.15) is 0 Å². The zero-order valence-corrected chi connectivity index (χ0v) is 18.6. The molecule has 1 N–H and O–H groups in total. The second-order valence-electron chi connectivity index (χ2n) is 6.61. The number of allylic oxidation sites excluding steroid dienone is 4. The summed E-state index contributed by atoms with van der Waals surface area (Å²) in [7, 11) is 0. The van der Waals surface area contributed by atoms with Crippen LogP contribution >= 0.6 is 0 Å². The molecule has 0 unspecified atom stereocenters. The van der Waals surface area contributed by atoms with E-state index in [1.165, 1.54) is 42.9 Å². The topological polar surface area (TPSA) is 15.3 Å². The Morgan fingerprint density at radius 2 is 1.70 bits per heavy atom. The maximum Gasteiger partial charge on any atom is 0.0340 e. The highest BCUT2D eigenvalue weighted by Crippen LogP contribution is 2.22. The van der Waals surface area contributed by atoms with E-state index in [-0.39, 0.29) is 0 Å². The normalized spacial score (nSPS) is 14.7. The first-order valence-electron chi connectivity index (χ1n) is 10.6. The monoisotopic (exact) mass is 370 g/mol. The minimum Gasteiger partial charge on any atom is -0.385 e. The van der Waals surface area contributed by atoms with Crippen molar-refractivity contribution in [3.63, 3.8) is 0 Å². The molecule has 152 valence electrons. The average molecular weight is 371 g/mol. The van der Waals surface area contributed by atoms with Crippen LogP contribution in [-0.2, 0) is 0 Å². The van der Waals surface area contributed by atoms with E-state index in [4.69, 9.17) is 0 Å². The predicted octanol–water partition coefficient (Wildman–Crippen LogP) is 7.21. The molecule has 27 heavy (non-hydrogen) atoms. The zero-order valence-electron chi connectivity index (χ0n) is 18.6. The largest absolute Gasteiger partial charge is 0.385 e. The van der Waals surface area contributed by atoms with Crippen LogP contribution in [0.5, 0.6) is 0 Å². The van der Waals surface area contributed by atoms with Gasteiger partial charge in [-0.3, -0.25) is 0 Å². The summed E-state index contributed by atoms with van der Waals surface area (Å²) >= 11 is 0. The van der Waals surface area contributed by atoms with E-state index in [2.05, 4.69) is 80.1 Å². The second-order valence-corrected chi connectivity index (χ2v) is 6.61. The van der Waals surface area contributed by atoms with Crippen LogP contribution in [0, 0.1) is 12.8 Å². The van der Waals surface area contributed by atoms with Crippen molar-refractivity contribution >= 4 is 5.69 Å². The van der Waals surface area contributed by atoms with Gasteiger partial charge >= 0.3 is 0 Å². The Hall–Kier alpha value is -1.96. The molecule has 1 heterocycles.